The van der Waals surface area contributed by atoms with Crippen LogP contribution in [0.4, 0.5) is 11.4 Å². The van der Waals surface area contributed by atoms with Gasteiger partial charge in [-0.2, -0.15) is 0 Å². The van der Waals surface area contributed by atoms with Crippen LogP contribution in [0.15, 0.2) is 35.9 Å². The summed E-state index contributed by atoms with van der Waals surface area (Å²) in [7, 11) is 0. The highest BCUT2D eigenvalue weighted by molar-refractivity contribution is 5.97. The average Bonchev–Trinajstić information content (AvgIpc) is 2.37. The summed E-state index contributed by atoms with van der Waals surface area (Å²) in [6.45, 7) is 4.83. The molecule has 21 heavy (non-hydrogen) atoms. The Bertz CT molecular complexity index is 591. The van der Waals surface area contributed by atoms with E-state index in [1.807, 2.05) is 0 Å². The molecule has 0 saturated carbocycles. The largest absolute Gasteiger partial charge is 0.449 e. The zero-order valence-electron chi connectivity index (χ0n) is 12.0. The van der Waals surface area contributed by atoms with E-state index in [1.165, 1.54) is 31.2 Å². The van der Waals surface area contributed by atoms with Gasteiger partial charge in [0.25, 0.3) is 11.6 Å². The first-order valence-corrected chi connectivity index (χ1v) is 6.21. The molecule has 1 rings (SSSR count). The molecule has 112 valence electrons. The van der Waals surface area contributed by atoms with Crippen molar-refractivity contribution >= 4 is 23.3 Å². The number of esters is 1. The Kier molecular flexibility index (Phi) is 5.59. The first-order chi connectivity index (χ1) is 9.81. The van der Waals surface area contributed by atoms with Crippen molar-refractivity contribution in [2.24, 2.45) is 0 Å². The number of amides is 1. The van der Waals surface area contributed by atoms with Gasteiger partial charge >= 0.3 is 5.97 Å². The fraction of sp³-hybridized carbons (Fsp3) is 0.286. The van der Waals surface area contributed by atoms with Crippen LogP contribution in [0, 0.1) is 10.1 Å². The van der Waals surface area contributed by atoms with E-state index >= 15 is 0 Å². The molecule has 0 aromatic heterocycles. The lowest BCUT2D eigenvalue weighted by molar-refractivity contribution is -0.383. The SMILES string of the molecule is CC(C)=CC(=O)O[C@@H](C)C(=O)Nc1ccccc1[N+](=O)[O-]. The highest BCUT2D eigenvalue weighted by Crippen LogP contribution is 2.23. The molecule has 1 aromatic rings. The van der Waals surface area contributed by atoms with Crippen LogP contribution in [0.2, 0.25) is 0 Å². The van der Waals surface area contributed by atoms with E-state index in [0.29, 0.717) is 0 Å². The molecule has 0 spiro atoms. The van der Waals surface area contributed by atoms with E-state index in [2.05, 4.69) is 5.32 Å². The number of hydrogen-bond donors (Lipinski definition) is 1. The Morgan fingerprint density at radius 3 is 2.52 bits per heavy atom. The Morgan fingerprint density at radius 1 is 1.33 bits per heavy atom. The third-order valence-corrected chi connectivity index (χ3v) is 2.43. The maximum Gasteiger partial charge on any atom is 0.331 e. The summed E-state index contributed by atoms with van der Waals surface area (Å²) < 4.78 is 4.90. The zero-order valence-corrected chi connectivity index (χ0v) is 12.0. The summed E-state index contributed by atoms with van der Waals surface area (Å²) >= 11 is 0. The minimum atomic E-state index is -1.06. The van der Waals surface area contributed by atoms with Gasteiger partial charge in [-0.05, 0) is 26.8 Å². The standard InChI is InChI=1S/C14H16N2O5/c1-9(2)8-13(17)21-10(3)14(18)15-11-6-4-5-7-12(11)16(19)20/h4-8,10H,1-3H3,(H,15,18)/t10-/m0/s1. The van der Waals surface area contributed by atoms with Crippen LogP contribution in [-0.4, -0.2) is 22.9 Å². The summed E-state index contributed by atoms with van der Waals surface area (Å²) in [6.07, 6.45) is 0.197. The van der Waals surface area contributed by atoms with Crippen LogP contribution in [0.1, 0.15) is 20.8 Å². The van der Waals surface area contributed by atoms with Crippen LogP contribution in [0.3, 0.4) is 0 Å². The summed E-state index contributed by atoms with van der Waals surface area (Å²) in [6, 6.07) is 5.73. The van der Waals surface area contributed by atoms with E-state index in [1.54, 1.807) is 19.9 Å². The van der Waals surface area contributed by atoms with Crippen molar-refractivity contribution in [2.75, 3.05) is 5.32 Å². The van der Waals surface area contributed by atoms with Crippen LogP contribution >= 0.6 is 0 Å². The second kappa shape index (κ2) is 7.18. The number of carbonyl (C=O) groups excluding carboxylic acids is 2. The van der Waals surface area contributed by atoms with Crippen LogP contribution in [-0.2, 0) is 14.3 Å². The number of nitrogens with zero attached hydrogens (tertiary/aromatic N) is 1. The minimum Gasteiger partial charge on any atom is -0.449 e. The number of allylic oxidation sites excluding steroid dienone is 1. The van der Waals surface area contributed by atoms with Gasteiger partial charge in [-0.3, -0.25) is 14.9 Å². The Balaban J connectivity index is 2.75. The predicted octanol–water partition coefficient (Wildman–Crippen LogP) is 2.43. The first-order valence-electron chi connectivity index (χ1n) is 6.21. The molecule has 7 nitrogen and oxygen atoms in total. The molecule has 0 aliphatic carbocycles. The number of nitro groups is 1. The predicted molar refractivity (Wildman–Crippen MR) is 76.7 cm³/mol. The summed E-state index contributed by atoms with van der Waals surface area (Å²) in [4.78, 5) is 33.5. The van der Waals surface area contributed by atoms with Crippen LogP contribution in [0.25, 0.3) is 0 Å². The lowest BCUT2D eigenvalue weighted by Crippen LogP contribution is -2.29. The number of carbonyl (C=O) groups is 2. The third-order valence-electron chi connectivity index (χ3n) is 2.43. The summed E-state index contributed by atoms with van der Waals surface area (Å²) in [5.41, 5.74) is 0.567. The normalized spacial score (nSPS) is 11.2. The quantitative estimate of drug-likeness (QED) is 0.389. The monoisotopic (exact) mass is 292 g/mol. The van der Waals surface area contributed by atoms with Gasteiger partial charge in [-0.1, -0.05) is 17.7 Å². The van der Waals surface area contributed by atoms with Gasteiger partial charge < -0.3 is 10.1 Å². The van der Waals surface area contributed by atoms with Gasteiger partial charge in [-0.25, -0.2) is 4.79 Å². The smallest absolute Gasteiger partial charge is 0.331 e. The summed E-state index contributed by atoms with van der Waals surface area (Å²) in [5.74, 6) is -1.28. The van der Waals surface area contributed by atoms with Gasteiger partial charge in [-0.15, -0.1) is 0 Å². The minimum absolute atomic E-state index is 0.0533. The maximum absolute atomic E-state index is 11.9. The van der Waals surface area contributed by atoms with Gasteiger partial charge in [0.15, 0.2) is 6.10 Å². The molecule has 1 atom stereocenters. The number of nitrogens with one attached hydrogen (secondary N) is 1. The molecule has 0 aliphatic heterocycles. The lowest BCUT2D eigenvalue weighted by Gasteiger charge is -2.12. The Labute approximate surface area is 121 Å². The fourth-order valence-corrected chi connectivity index (χ4v) is 1.47. The van der Waals surface area contributed by atoms with E-state index in [9.17, 15) is 19.7 Å². The third kappa shape index (κ3) is 5.06. The molecule has 0 saturated heterocycles. The number of ether oxygens (including phenoxy) is 1. The summed E-state index contributed by atoms with van der Waals surface area (Å²) in [5, 5.41) is 13.2. The molecular weight excluding hydrogens is 276 g/mol. The van der Waals surface area contributed by atoms with Crippen LogP contribution < -0.4 is 5.32 Å². The first kappa shape index (κ1) is 16.4. The Morgan fingerprint density at radius 2 is 1.95 bits per heavy atom. The average molecular weight is 292 g/mol. The fourth-order valence-electron chi connectivity index (χ4n) is 1.47. The van der Waals surface area contributed by atoms with Crippen molar-refractivity contribution in [3.8, 4) is 0 Å². The van der Waals surface area contributed by atoms with Gasteiger partial charge in [0.1, 0.15) is 5.69 Å². The number of hydrogen-bond acceptors (Lipinski definition) is 5. The zero-order chi connectivity index (χ0) is 16.0. The molecule has 0 fully saturated rings. The molecule has 1 N–H and O–H groups in total. The second-order valence-electron chi connectivity index (χ2n) is 4.56. The molecule has 0 heterocycles. The van der Waals surface area contributed by atoms with E-state index in [0.717, 1.165) is 5.57 Å². The van der Waals surface area contributed by atoms with Crippen molar-refractivity contribution in [2.45, 2.75) is 26.9 Å². The van der Waals surface area contributed by atoms with E-state index in [-0.39, 0.29) is 11.4 Å². The molecule has 0 unspecified atom stereocenters. The highest BCUT2D eigenvalue weighted by Gasteiger charge is 2.20. The number of para-hydroxylation sites is 2. The second-order valence-corrected chi connectivity index (χ2v) is 4.56. The topological polar surface area (TPSA) is 98.5 Å². The van der Waals surface area contributed by atoms with Gasteiger partial charge in [0.05, 0.1) is 4.92 Å². The van der Waals surface area contributed by atoms with Crippen molar-refractivity contribution in [1.82, 2.24) is 0 Å². The Hall–Kier alpha value is -2.70. The molecule has 1 amide bonds. The van der Waals surface area contributed by atoms with E-state index < -0.39 is 22.9 Å². The number of nitro benzene ring substituents is 1. The van der Waals surface area contributed by atoms with Crippen molar-refractivity contribution in [3.05, 3.63) is 46.0 Å². The molecule has 0 aliphatic rings. The van der Waals surface area contributed by atoms with Gasteiger partial charge in [0.2, 0.25) is 0 Å². The number of benzene rings is 1. The van der Waals surface area contributed by atoms with E-state index in [4.69, 9.17) is 4.74 Å². The molecule has 0 radical (unpaired) electrons. The highest BCUT2D eigenvalue weighted by atomic mass is 16.6. The maximum atomic E-state index is 11.9. The molecule has 0 bridgehead atoms. The molecular formula is C14H16N2O5. The number of rotatable bonds is 5. The van der Waals surface area contributed by atoms with Crippen molar-refractivity contribution < 1.29 is 19.2 Å². The van der Waals surface area contributed by atoms with Crippen LogP contribution in [0.5, 0.6) is 0 Å². The molecule has 7 heteroatoms. The molecule has 1 aromatic carbocycles. The number of anilines is 1. The van der Waals surface area contributed by atoms with Gasteiger partial charge in [0, 0.05) is 12.1 Å². The van der Waals surface area contributed by atoms with Crippen molar-refractivity contribution in [3.63, 3.8) is 0 Å². The lowest BCUT2D eigenvalue weighted by atomic mass is 10.2. The van der Waals surface area contributed by atoms with Crippen molar-refractivity contribution in [1.29, 1.82) is 0 Å².